The summed E-state index contributed by atoms with van der Waals surface area (Å²) in [6.45, 7) is 12.7. The fourth-order valence-corrected chi connectivity index (χ4v) is 3.39. The molecule has 2 heterocycles. The minimum Gasteiger partial charge on any atom is -0.379 e. The van der Waals surface area contributed by atoms with Crippen molar-refractivity contribution < 1.29 is 4.74 Å². The van der Waals surface area contributed by atoms with Gasteiger partial charge >= 0.3 is 0 Å². The number of hydrogen-bond acceptors (Lipinski definition) is 4. The van der Waals surface area contributed by atoms with Crippen LogP contribution in [0.4, 0.5) is 0 Å². The van der Waals surface area contributed by atoms with E-state index < -0.39 is 0 Å². The molecule has 1 fully saturated rings. The van der Waals surface area contributed by atoms with Crippen LogP contribution < -0.4 is 11.1 Å². The maximum atomic E-state index is 5.94. The van der Waals surface area contributed by atoms with Gasteiger partial charge in [-0.2, -0.15) is 0 Å². The molecule has 1 aromatic heterocycles. The zero-order valence-corrected chi connectivity index (χ0v) is 14.3. The molecule has 22 heavy (non-hydrogen) atoms. The second-order valence-corrected chi connectivity index (χ2v) is 6.97. The quantitative estimate of drug-likeness (QED) is 0.477. The van der Waals surface area contributed by atoms with Gasteiger partial charge in [0.05, 0.1) is 25.8 Å². The third kappa shape index (κ3) is 5.12. The molecule has 1 saturated heterocycles. The normalized spacial score (nSPS) is 18.2. The molecule has 0 aromatic carbocycles. The zero-order chi connectivity index (χ0) is 15.9. The van der Waals surface area contributed by atoms with Gasteiger partial charge in [-0.25, -0.2) is 0 Å². The van der Waals surface area contributed by atoms with E-state index in [4.69, 9.17) is 10.5 Å². The van der Waals surface area contributed by atoms with Crippen molar-refractivity contribution in [2.75, 3.05) is 39.4 Å². The van der Waals surface area contributed by atoms with Crippen LogP contribution in [0.2, 0.25) is 0 Å². The van der Waals surface area contributed by atoms with Crippen molar-refractivity contribution in [3.05, 3.63) is 34.0 Å². The van der Waals surface area contributed by atoms with Crippen molar-refractivity contribution in [1.82, 2.24) is 10.2 Å². The van der Waals surface area contributed by atoms with Gasteiger partial charge < -0.3 is 15.8 Å². The van der Waals surface area contributed by atoms with Gasteiger partial charge in [0.1, 0.15) is 0 Å². The highest BCUT2D eigenvalue weighted by Gasteiger charge is 2.23. The molecule has 1 aliphatic heterocycles. The molecule has 5 nitrogen and oxygen atoms in total. The Bertz CT molecular complexity index is 520. The van der Waals surface area contributed by atoms with Crippen LogP contribution in [0.25, 0.3) is 0 Å². The summed E-state index contributed by atoms with van der Waals surface area (Å²) >= 11 is 1.83. The largest absolute Gasteiger partial charge is 0.379 e. The lowest BCUT2D eigenvalue weighted by atomic mass is 10.2. The lowest BCUT2D eigenvalue weighted by molar-refractivity contribution is 0.0187. The van der Waals surface area contributed by atoms with Gasteiger partial charge in [0.15, 0.2) is 5.96 Å². The van der Waals surface area contributed by atoms with Crippen LogP contribution in [0, 0.1) is 6.92 Å². The van der Waals surface area contributed by atoms with E-state index in [1.165, 1.54) is 9.75 Å². The summed E-state index contributed by atoms with van der Waals surface area (Å²) in [5.41, 5.74) is 6.98. The number of aliphatic imine (C=N–C) groups is 1. The Labute approximate surface area is 136 Å². The lowest BCUT2D eigenvalue weighted by Crippen LogP contribution is -2.40. The summed E-state index contributed by atoms with van der Waals surface area (Å²) < 4.78 is 5.46. The standard InChI is InChI=1S/C16H26N4OS/c1-12(2)10-18-16(17)19-11-14(15-5-4-13(3)22-15)20-6-8-21-9-7-20/h4-5,14H,1,6-11H2,2-3H3,(H3,17,18,19). The number of hydrogen-bond donors (Lipinski definition) is 2. The summed E-state index contributed by atoms with van der Waals surface area (Å²) in [5.74, 6) is 0.481. The van der Waals surface area contributed by atoms with E-state index >= 15 is 0 Å². The van der Waals surface area contributed by atoms with Crippen LogP contribution in [0.1, 0.15) is 22.7 Å². The Morgan fingerprint density at radius 3 is 2.82 bits per heavy atom. The monoisotopic (exact) mass is 322 g/mol. The highest BCUT2D eigenvalue weighted by Crippen LogP contribution is 2.28. The highest BCUT2D eigenvalue weighted by atomic mass is 32.1. The molecule has 3 N–H and O–H groups in total. The van der Waals surface area contributed by atoms with Crippen LogP contribution in [0.5, 0.6) is 0 Å². The van der Waals surface area contributed by atoms with Gasteiger partial charge in [0.25, 0.3) is 0 Å². The van der Waals surface area contributed by atoms with Crippen molar-refractivity contribution in [1.29, 1.82) is 0 Å². The van der Waals surface area contributed by atoms with Crippen molar-refractivity contribution in [2.45, 2.75) is 19.9 Å². The lowest BCUT2D eigenvalue weighted by Gasteiger charge is -2.33. The van der Waals surface area contributed by atoms with Gasteiger partial charge in [-0.1, -0.05) is 12.2 Å². The van der Waals surface area contributed by atoms with E-state index in [0.29, 0.717) is 19.0 Å². The second-order valence-electron chi connectivity index (χ2n) is 5.65. The third-order valence-corrected chi connectivity index (χ3v) is 4.68. The maximum absolute atomic E-state index is 5.94. The molecule has 6 heteroatoms. The minimum atomic E-state index is 0.271. The van der Waals surface area contributed by atoms with Gasteiger partial charge in [-0.3, -0.25) is 9.89 Å². The fraction of sp³-hybridized carbons (Fsp3) is 0.562. The Morgan fingerprint density at radius 1 is 1.50 bits per heavy atom. The molecule has 0 aliphatic carbocycles. The summed E-state index contributed by atoms with van der Waals surface area (Å²) in [4.78, 5) is 9.63. The Balaban J connectivity index is 2.04. The van der Waals surface area contributed by atoms with E-state index in [-0.39, 0.29) is 6.04 Å². The van der Waals surface area contributed by atoms with Crippen LogP contribution in [0.3, 0.4) is 0 Å². The van der Waals surface area contributed by atoms with Gasteiger partial charge in [-0.15, -0.1) is 11.3 Å². The van der Waals surface area contributed by atoms with Crippen LogP contribution in [-0.2, 0) is 4.74 Å². The zero-order valence-electron chi connectivity index (χ0n) is 13.5. The molecule has 0 spiro atoms. The summed E-state index contributed by atoms with van der Waals surface area (Å²) in [6, 6.07) is 4.64. The van der Waals surface area contributed by atoms with Gasteiger partial charge in [0.2, 0.25) is 0 Å². The number of nitrogens with two attached hydrogens (primary N) is 1. The summed E-state index contributed by atoms with van der Waals surface area (Å²) in [7, 11) is 0. The van der Waals surface area contributed by atoms with Crippen LogP contribution in [0.15, 0.2) is 29.3 Å². The molecule has 1 aromatic rings. The molecule has 1 atom stereocenters. The number of ether oxygens (including phenoxy) is 1. The first-order valence-corrected chi connectivity index (χ1v) is 8.44. The molecule has 122 valence electrons. The average Bonchev–Trinajstić information content (AvgIpc) is 2.93. The van der Waals surface area contributed by atoms with Crippen molar-refractivity contribution in [2.24, 2.45) is 10.7 Å². The van der Waals surface area contributed by atoms with Crippen molar-refractivity contribution >= 4 is 17.3 Å². The molecule has 0 radical (unpaired) electrons. The first-order chi connectivity index (χ1) is 10.6. The van der Waals surface area contributed by atoms with Gasteiger partial charge in [0, 0.05) is 29.4 Å². The topological polar surface area (TPSA) is 62.9 Å². The van der Waals surface area contributed by atoms with E-state index in [1.54, 1.807) is 0 Å². The smallest absolute Gasteiger partial charge is 0.188 e. The summed E-state index contributed by atoms with van der Waals surface area (Å²) in [5, 5.41) is 3.09. The first kappa shape index (κ1) is 17.0. The maximum Gasteiger partial charge on any atom is 0.188 e. The molecule has 1 aliphatic rings. The predicted octanol–water partition coefficient (Wildman–Crippen LogP) is 1.91. The molecule has 0 saturated carbocycles. The molecular formula is C16H26N4OS. The Hall–Kier alpha value is -1.37. The molecule has 0 amide bonds. The second kappa shape index (κ2) is 8.31. The minimum absolute atomic E-state index is 0.271. The van der Waals surface area contributed by atoms with E-state index in [1.807, 2.05) is 18.3 Å². The number of guanidine groups is 1. The first-order valence-electron chi connectivity index (χ1n) is 7.62. The number of nitrogens with zero attached hydrogens (tertiary/aromatic N) is 2. The Morgan fingerprint density at radius 2 is 2.23 bits per heavy atom. The SMILES string of the molecule is C=C(C)CNC(N)=NCC(c1ccc(C)s1)N1CCOCC1. The third-order valence-electron chi connectivity index (χ3n) is 3.58. The number of nitrogens with one attached hydrogen (secondary N) is 1. The van der Waals surface area contributed by atoms with E-state index in [9.17, 15) is 0 Å². The van der Waals surface area contributed by atoms with E-state index in [0.717, 1.165) is 31.9 Å². The molecular weight excluding hydrogens is 296 g/mol. The van der Waals surface area contributed by atoms with Gasteiger partial charge in [-0.05, 0) is 26.0 Å². The van der Waals surface area contributed by atoms with Crippen molar-refractivity contribution in [3.8, 4) is 0 Å². The Kier molecular flexibility index (Phi) is 6.42. The summed E-state index contributed by atoms with van der Waals surface area (Å²) in [6.07, 6.45) is 0. The van der Waals surface area contributed by atoms with Crippen molar-refractivity contribution in [3.63, 3.8) is 0 Å². The number of rotatable bonds is 6. The fourth-order valence-electron chi connectivity index (χ4n) is 2.39. The predicted molar refractivity (Wildman–Crippen MR) is 93.5 cm³/mol. The average molecular weight is 322 g/mol. The van der Waals surface area contributed by atoms with Crippen LogP contribution in [-0.4, -0.2) is 50.3 Å². The van der Waals surface area contributed by atoms with E-state index in [2.05, 4.69) is 40.8 Å². The number of thiophene rings is 1. The highest BCUT2D eigenvalue weighted by molar-refractivity contribution is 7.12. The molecule has 2 rings (SSSR count). The van der Waals surface area contributed by atoms with Crippen LogP contribution >= 0.6 is 11.3 Å². The molecule has 1 unspecified atom stereocenters. The molecule has 0 bridgehead atoms. The number of aryl methyl sites for hydroxylation is 1. The number of morpholine rings is 1.